The number of nitrogens with one attached hydrogen (secondary N) is 1. The first-order valence-electron chi connectivity index (χ1n) is 11.1. The largest absolute Gasteiger partial charge is 0.382 e. The molecule has 3 N–H and O–H groups in total. The monoisotopic (exact) mass is 483 g/mol. The summed E-state index contributed by atoms with van der Waals surface area (Å²) in [6.07, 6.45) is 4.38. The molecule has 2 aromatic carbocycles. The molecule has 1 aliphatic heterocycles. The fourth-order valence-corrected chi connectivity index (χ4v) is 5.65. The molecule has 1 fully saturated rings. The minimum Gasteiger partial charge on any atom is -0.382 e. The lowest BCUT2D eigenvalue weighted by atomic mass is 10.0. The number of likely N-dealkylation sites (N-methyl/N-ethyl adjacent to an activating group) is 1. The normalized spacial score (nSPS) is 16.9. The second-order valence-electron chi connectivity index (χ2n) is 8.08. The Morgan fingerprint density at radius 1 is 1.09 bits per heavy atom. The predicted molar refractivity (Wildman–Crippen MR) is 127 cm³/mol. The van der Waals surface area contributed by atoms with Gasteiger partial charge in [-0.15, -0.1) is 0 Å². The van der Waals surface area contributed by atoms with Crippen LogP contribution >= 0.6 is 0 Å². The Morgan fingerprint density at radius 3 is 2.50 bits per heavy atom. The number of rotatable bonds is 6. The first kappa shape index (κ1) is 23.8. The molecular weight excluding hydrogens is 457 g/mol. The van der Waals surface area contributed by atoms with Crippen LogP contribution in [-0.2, 0) is 14.8 Å². The Morgan fingerprint density at radius 2 is 1.82 bits per heavy atom. The van der Waals surface area contributed by atoms with Crippen molar-refractivity contribution in [1.29, 1.82) is 0 Å². The van der Waals surface area contributed by atoms with Crippen molar-refractivity contribution in [3.05, 3.63) is 60.7 Å². The molecule has 1 atom stereocenters. The summed E-state index contributed by atoms with van der Waals surface area (Å²) in [7, 11) is -4.43. The number of aromatic nitrogens is 2. The zero-order chi connectivity index (χ0) is 24.3. The van der Waals surface area contributed by atoms with E-state index in [0.717, 1.165) is 6.42 Å². The van der Waals surface area contributed by atoms with Crippen LogP contribution in [0.4, 0.5) is 10.2 Å². The number of anilines is 1. The van der Waals surface area contributed by atoms with E-state index in [9.17, 15) is 13.2 Å². The van der Waals surface area contributed by atoms with Crippen molar-refractivity contribution in [2.24, 2.45) is 0 Å². The summed E-state index contributed by atoms with van der Waals surface area (Å²) in [5, 5.41) is 0. The Balaban J connectivity index is 1.84. The molecule has 0 bridgehead atoms. The van der Waals surface area contributed by atoms with Crippen LogP contribution in [0.25, 0.3) is 22.4 Å². The molecule has 3 aromatic rings. The third-order valence-corrected chi connectivity index (χ3v) is 7.39. The molecule has 10 heteroatoms. The van der Waals surface area contributed by atoms with Gasteiger partial charge < -0.3 is 10.6 Å². The number of nitrogen functional groups attached to an aromatic ring is 1. The highest BCUT2D eigenvalue weighted by Crippen LogP contribution is 2.35. The van der Waals surface area contributed by atoms with Crippen LogP contribution in [0.5, 0.6) is 0 Å². The summed E-state index contributed by atoms with van der Waals surface area (Å²) in [6.45, 7) is 2.90. The van der Waals surface area contributed by atoms with Crippen molar-refractivity contribution in [2.45, 2.75) is 37.1 Å². The number of hydrogen-bond donors (Lipinski definition) is 2. The minimum atomic E-state index is -4.43. The van der Waals surface area contributed by atoms with Gasteiger partial charge in [-0.1, -0.05) is 36.4 Å². The number of likely N-dealkylation sites (tertiary alicyclic amines) is 1. The van der Waals surface area contributed by atoms with E-state index in [-0.39, 0.29) is 28.5 Å². The molecule has 8 nitrogen and oxygen atoms in total. The Bertz CT molecular complexity index is 1280. The fourth-order valence-electron chi connectivity index (χ4n) is 4.11. The van der Waals surface area contributed by atoms with Crippen molar-refractivity contribution < 1.29 is 17.6 Å². The number of benzene rings is 2. The Hall–Kier alpha value is -3.37. The van der Waals surface area contributed by atoms with Crippen LogP contribution in [-0.4, -0.2) is 48.3 Å². The maximum atomic E-state index is 16.0. The van der Waals surface area contributed by atoms with Crippen LogP contribution in [0.2, 0.25) is 0 Å². The summed E-state index contributed by atoms with van der Waals surface area (Å²) in [5.41, 5.74) is 6.41. The second kappa shape index (κ2) is 9.86. The van der Waals surface area contributed by atoms with Gasteiger partial charge in [-0.05, 0) is 37.8 Å². The molecule has 2 heterocycles. The quantitative estimate of drug-likeness (QED) is 0.556. The molecule has 1 aliphatic rings. The average Bonchev–Trinajstić information content (AvgIpc) is 3.00. The van der Waals surface area contributed by atoms with Gasteiger partial charge in [-0.3, -0.25) is 9.78 Å². The maximum absolute atomic E-state index is 16.0. The summed E-state index contributed by atoms with van der Waals surface area (Å²) >= 11 is 0. The molecule has 4 rings (SSSR count). The van der Waals surface area contributed by atoms with Crippen molar-refractivity contribution >= 4 is 21.7 Å². The zero-order valence-electron chi connectivity index (χ0n) is 18.7. The van der Waals surface area contributed by atoms with E-state index in [2.05, 4.69) is 14.7 Å². The number of carbonyl (C=O) groups excluding carboxylic acids is 1. The smallest absolute Gasteiger partial charge is 0.244 e. The van der Waals surface area contributed by atoms with Gasteiger partial charge in [0, 0.05) is 24.2 Å². The molecular formula is C24H26FN5O3S. The van der Waals surface area contributed by atoms with Crippen molar-refractivity contribution in [1.82, 2.24) is 19.6 Å². The van der Waals surface area contributed by atoms with Crippen LogP contribution in [0.15, 0.2) is 59.8 Å². The molecule has 1 saturated heterocycles. The number of hydrogen-bond acceptors (Lipinski definition) is 6. The van der Waals surface area contributed by atoms with Crippen molar-refractivity contribution in [3.8, 4) is 22.4 Å². The minimum absolute atomic E-state index is 0.0325. The van der Waals surface area contributed by atoms with Crippen LogP contribution in [0.1, 0.15) is 26.2 Å². The van der Waals surface area contributed by atoms with Gasteiger partial charge in [0.25, 0.3) is 0 Å². The maximum Gasteiger partial charge on any atom is 0.244 e. The Kier molecular flexibility index (Phi) is 6.90. The van der Waals surface area contributed by atoms with Gasteiger partial charge in [0.05, 0.1) is 18.1 Å². The zero-order valence-corrected chi connectivity index (χ0v) is 19.6. The molecule has 0 saturated carbocycles. The number of nitrogens with two attached hydrogens (primary N) is 1. The van der Waals surface area contributed by atoms with Crippen LogP contribution < -0.4 is 10.5 Å². The van der Waals surface area contributed by atoms with E-state index in [1.165, 1.54) is 24.5 Å². The first-order chi connectivity index (χ1) is 16.3. The van der Waals surface area contributed by atoms with Crippen LogP contribution in [0, 0.1) is 5.82 Å². The predicted octanol–water partition coefficient (Wildman–Crippen LogP) is 3.21. The van der Waals surface area contributed by atoms with Gasteiger partial charge in [0.2, 0.25) is 15.9 Å². The number of nitrogens with zero attached hydrogens (tertiary/aromatic N) is 3. The van der Waals surface area contributed by atoms with Crippen molar-refractivity contribution in [3.63, 3.8) is 0 Å². The third kappa shape index (κ3) is 4.78. The molecule has 0 aliphatic carbocycles. The molecule has 1 amide bonds. The van der Waals surface area contributed by atoms with Gasteiger partial charge >= 0.3 is 0 Å². The SMILES string of the molecule is CCN1CCCC[C@H](NS(=O)(=O)c2c(-c3ccccc3)ccc(-c3cnc(N)cn3)c2F)C1=O. The van der Waals surface area contributed by atoms with Gasteiger partial charge in [0.1, 0.15) is 16.8 Å². The fraction of sp³-hybridized carbons (Fsp3) is 0.292. The standard InChI is InChI=1S/C24H26FN5O3S/c1-2-30-13-7-6-10-19(24(30)31)29-34(32,33)23-17(16-8-4-3-5-9-16)11-12-18(22(23)25)20-14-28-21(26)15-27-20/h3-5,8-9,11-12,14-15,19,29H,2,6-7,10,13H2,1H3,(H2,26,28)/t19-/m0/s1. The molecule has 0 radical (unpaired) electrons. The number of amides is 1. The summed E-state index contributed by atoms with van der Waals surface area (Å²) in [4.78, 5) is 22.0. The second-order valence-corrected chi connectivity index (χ2v) is 9.73. The van der Waals surface area contributed by atoms with Gasteiger partial charge in [-0.2, -0.15) is 4.72 Å². The van der Waals surface area contributed by atoms with Crippen molar-refractivity contribution in [2.75, 3.05) is 18.8 Å². The lowest BCUT2D eigenvalue weighted by Gasteiger charge is -2.24. The molecule has 1 aromatic heterocycles. The average molecular weight is 484 g/mol. The highest BCUT2D eigenvalue weighted by Gasteiger charge is 2.34. The highest BCUT2D eigenvalue weighted by atomic mass is 32.2. The van der Waals surface area contributed by atoms with E-state index in [0.29, 0.717) is 31.5 Å². The van der Waals surface area contributed by atoms with E-state index in [1.54, 1.807) is 35.2 Å². The van der Waals surface area contributed by atoms with Gasteiger partial charge in [0.15, 0.2) is 5.82 Å². The summed E-state index contributed by atoms with van der Waals surface area (Å²) in [5.74, 6) is -1.11. The highest BCUT2D eigenvalue weighted by molar-refractivity contribution is 7.89. The van der Waals surface area contributed by atoms with E-state index >= 15 is 4.39 Å². The lowest BCUT2D eigenvalue weighted by molar-refractivity contribution is -0.132. The van der Waals surface area contributed by atoms with Crippen LogP contribution in [0.3, 0.4) is 0 Å². The first-order valence-corrected chi connectivity index (χ1v) is 12.6. The molecule has 34 heavy (non-hydrogen) atoms. The topological polar surface area (TPSA) is 118 Å². The number of halogens is 1. The Labute approximate surface area is 198 Å². The van der Waals surface area contributed by atoms with E-state index < -0.39 is 26.8 Å². The lowest BCUT2D eigenvalue weighted by Crippen LogP contribution is -2.47. The van der Waals surface area contributed by atoms with E-state index in [4.69, 9.17) is 5.73 Å². The van der Waals surface area contributed by atoms with E-state index in [1.807, 2.05) is 6.92 Å². The van der Waals surface area contributed by atoms with Gasteiger partial charge in [-0.25, -0.2) is 17.8 Å². The molecule has 0 unspecified atom stereocenters. The number of sulfonamides is 1. The third-order valence-electron chi connectivity index (χ3n) is 5.86. The summed E-state index contributed by atoms with van der Waals surface area (Å²) < 4.78 is 45.7. The molecule has 0 spiro atoms. The summed E-state index contributed by atoms with van der Waals surface area (Å²) in [6, 6.07) is 10.7. The molecule has 178 valence electrons. The number of carbonyl (C=O) groups is 1.